The molecular formula is C44H29N3O2S. The molecule has 0 spiro atoms. The Kier molecular flexibility index (Phi) is 7.00. The predicted molar refractivity (Wildman–Crippen MR) is 197 cm³/mol. The molecule has 0 radical (unpaired) electrons. The van der Waals surface area contributed by atoms with Crippen LogP contribution in [0.1, 0.15) is 22.3 Å². The summed E-state index contributed by atoms with van der Waals surface area (Å²) in [5.74, 6) is 1.67. The van der Waals surface area contributed by atoms with Gasteiger partial charge in [0, 0.05) is 16.7 Å². The van der Waals surface area contributed by atoms with E-state index in [1.165, 1.54) is 0 Å². The quantitative estimate of drug-likeness (QED) is 0.183. The van der Waals surface area contributed by atoms with Gasteiger partial charge in [0.1, 0.15) is 0 Å². The SMILES string of the molecule is O=S1(=O)c2ccccc2C(c2ccccc2)(c2cccc(-c3nc(-c4ccccc4)nc(-c4ccc5ccccc5c4)n3)c2)c2ccccc21. The lowest BCUT2D eigenvalue weighted by Crippen LogP contribution is -2.37. The number of benzene rings is 7. The molecule has 0 saturated heterocycles. The Morgan fingerprint density at radius 2 is 0.860 bits per heavy atom. The molecule has 0 saturated carbocycles. The largest absolute Gasteiger partial charge is 0.218 e. The first kappa shape index (κ1) is 29.9. The molecule has 9 rings (SSSR count). The van der Waals surface area contributed by atoms with Crippen molar-refractivity contribution in [2.75, 3.05) is 0 Å². The fourth-order valence-electron chi connectivity index (χ4n) is 7.33. The van der Waals surface area contributed by atoms with Gasteiger partial charge in [-0.3, -0.25) is 0 Å². The van der Waals surface area contributed by atoms with Gasteiger partial charge in [0.2, 0.25) is 9.84 Å². The minimum atomic E-state index is -3.77. The van der Waals surface area contributed by atoms with E-state index >= 15 is 0 Å². The Hall–Kier alpha value is -6.24. The van der Waals surface area contributed by atoms with Crippen LogP contribution in [0.5, 0.6) is 0 Å². The van der Waals surface area contributed by atoms with E-state index in [1.54, 1.807) is 24.3 Å². The van der Waals surface area contributed by atoms with Gasteiger partial charge in [-0.2, -0.15) is 0 Å². The molecular weight excluding hydrogens is 635 g/mol. The first-order valence-corrected chi connectivity index (χ1v) is 17.9. The van der Waals surface area contributed by atoms with Crippen LogP contribution in [-0.2, 0) is 15.3 Å². The molecule has 50 heavy (non-hydrogen) atoms. The van der Waals surface area contributed by atoms with Gasteiger partial charge in [-0.15, -0.1) is 0 Å². The standard InChI is InChI=1S/C44H29N3O2S/c48-50(49)39-24-11-9-22-37(39)44(35-19-5-2-6-20-35,38-23-10-12-25-40(38)50)36-21-13-18-33(29-36)42-45-41(31-15-3-1-4-16-31)46-43(47-42)34-27-26-30-14-7-8-17-32(30)28-34/h1-29H. The lowest BCUT2D eigenvalue weighted by atomic mass is 9.64. The van der Waals surface area contributed by atoms with E-state index < -0.39 is 15.3 Å². The van der Waals surface area contributed by atoms with Crippen molar-refractivity contribution in [1.82, 2.24) is 15.0 Å². The molecule has 0 fully saturated rings. The molecule has 0 unspecified atom stereocenters. The van der Waals surface area contributed by atoms with Crippen molar-refractivity contribution in [1.29, 1.82) is 0 Å². The van der Waals surface area contributed by atoms with Gasteiger partial charge in [-0.05, 0) is 57.3 Å². The molecule has 8 aromatic rings. The second kappa shape index (κ2) is 11.7. The third-order valence-electron chi connectivity index (χ3n) is 9.60. The number of hydrogen-bond acceptors (Lipinski definition) is 5. The number of nitrogens with zero attached hydrogens (tertiary/aromatic N) is 3. The second-order valence-corrected chi connectivity index (χ2v) is 14.3. The Labute approximate surface area is 290 Å². The zero-order valence-corrected chi connectivity index (χ0v) is 27.6. The predicted octanol–water partition coefficient (Wildman–Crippen LogP) is 9.55. The summed E-state index contributed by atoms with van der Waals surface area (Å²) in [6, 6.07) is 57.5. The Balaban J connectivity index is 1.31. The van der Waals surface area contributed by atoms with Crippen LogP contribution in [0.25, 0.3) is 44.9 Å². The summed E-state index contributed by atoms with van der Waals surface area (Å²) >= 11 is 0. The van der Waals surface area contributed by atoms with Gasteiger partial charge >= 0.3 is 0 Å². The van der Waals surface area contributed by atoms with Crippen LogP contribution in [0.4, 0.5) is 0 Å². The summed E-state index contributed by atoms with van der Waals surface area (Å²) in [5, 5.41) is 2.24. The highest BCUT2D eigenvalue weighted by molar-refractivity contribution is 7.91. The van der Waals surface area contributed by atoms with E-state index in [1.807, 2.05) is 103 Å². The smallest absolute Gasteiger partial charge is 0.207 e. The van der Waals surface area contributed by atoms with E-state index in [9.17, 15) is 8.42 Å². The van der Waals surface area contributed by atoms with Gasteiger partial charge < -0.3 is 0 Å². The molecule has 6 heteroatoms. The third kappa shape index (κ3) is 4.68. The van der Waals surface area contributed by atoms with Gasteiger partial charge in [0.15, 0.2) is 17.5 Å². The average Bonchev–Trinajstić information content (AvgIpc) is 3.19. The molecule has 2 heterocycles. The average molecular weight is 664 g/mol. The van der Waals surface area contributed by atoms with Crippen molar-refractivity contribution >= 4 is 20.6 Å². The van der Waals surface area contributed by atoms with Crippen LogP contribution in [0.2, 0.25) is 0 Å². The molecule has 1 aliphatic heterocycles. The highest BCUT2D eigenvalue weighted by Gasteiger charge is 2.48. The molecule has 0 amide bonds. The normalized spacial score (nSPS) is 14.1. The van der Waals surface area contributed by atoms with Crippen molar-refractivity contribution in [3.8, 4) is 34.2 Å². The number of rotatable bonds is 5. The summed E-state index contributed by atoms with van der Waals surface area (Å²) in [6.45, 7) is 0. The van der Waals surface area contributed by atoms with Crippen LogP contribution in [-0.4, -0.2) is 23.4 Å². The highest BCUT2D eigenvalue weighted by atomic mass is 32.2. The van der Waals surface area contributed by atoms with Gasteiger partial charge in [-0.25, -0.2) is 23.4 Å². The van der Waals surface area contributed by atoms with Crippen molar-refractivity contribution in [2.45, 2.75) is 15.2 Å². The first-order chi connectivity index (χ1) is 24.5. The van der Waals surface area contributed by atoms with E-state index in [4.69, 9.17) is 15.0 Å². The summed E-state index contributed by atoms with van der Waals surface area (Å²) < 4.78 is 28.3. The maximum atomic E-state index is 14.1. The second-order valence-electron chi connectivity index (χ2n) is 12.4. The fourth-order valence-corrected chi connectivity index (χ4v) is 9.11. The topological polar surface area (TPSA) is 72.8 Å². The van der Waals surface area contributed by atoms with Crippen LogP contribution < -0.4 is 0 Å². The number of aromatic nitrogens is 3. The zero-order chi connectivity index (χ0) is 33.7. The van der Waals surface area contributed by atoms with Crippen molar-refractivity contribution in [3.05, 3.63) is 198 Å². The molecule has 0 N–H and O–H groups in total. The number of hydrogen-bond donors (Lipinski definition) is 0. The summed E-state index contributed by atoms with van der Waals surface area (Å²) in [7, 11) is -3.77. The van der Waals surface area contributed by atoms with E-state index in [-0.39, 0.29) is 0 Å². The molecule has 0 aliphatic carbocycles. The third-order valence-corrected chi connectivity index (χ3v) is 11.5. The van der Waals surface area contributed by atoms with Crippen LogP contribution in [0.15, 0.2) is 186 Å². The summed E-state index contributed by atoms with van der Waals surface area (Å²) in [5.41, 5.74) is 4.92. The van der Waals surface area contributed by atoms with E-state index in [2.05, 4.69) is 48.5 Å². The van der Waals surface area contributed by atoms with Crippen LogP contribution in [0.3, 0.4) is 0 Å². The number of sulfone groups is 1. The first-order valence-electron chi connectivity index (χ1n) is 16.4. The molecule has 1 aromatic heterocycles. The molecule has 0 atom stereocenters. The van der Waals surface area contributed by atoms with Crippen molar-refractivity contribution < 1.29 is 8.42 Å². The summed E-state index contributed by atoms with van der Waals surface area (Å²) in [4.78, 5) is 15.7. The minimum absolute atomic E-state index is 0.304. The maximum Gasteiger partial charge on any atom is 0.207 e. The Morgan fingerprint density at radius 3 is 1.52 bits per heavy atom. The molecule has 0 bridgehead atoms. The summed E-state index contributed by atoms with van der Waals surface area (Å²) in [6.07, 6.45) is 0. The van der Waals surface area contributed by atoms with E-state index in [0.29, 0.717) is 38.4 Å². The molecule has 1 aliphatic rings. The Bertz CT molecular complexity index is 2620. The fraction of sp³-hybridized carbons (Fsp3) is 0.0227. The van der Waals surface area contributed by atoms with Gasteiger partial charge in [0.05, 0.1) is 15.2 Å². The zero-order valence-electron chi connectivity index (χ0n) is 26.8. The molecule has 5 nitrogen and oxygen atoms in total. The lowest BCUT2D eigenvalue weighted by Gasteiger charge is -2.41. The van der Waals surface area contributed by atoms with Gasteiger partial charge in [0.25, 0.3) is 0 Å². The number of fused-ring (bicyclic) bond motifs is 3. The minimum Gasteiger partial charge on any atom is -0.218 e. The lowest BCUT2D eigenvalue weighted by molar-refractivity contribution is 0.579. The maximum absolute atomic E-state index is 14.1. The van der Waals surface area contributed by atoms with Crippen LogP contribution in [0, 0.1) is 0 Å². The van der Waals surface area contributed by atoms with Gasteiger partial charge in [-0.1, -0.05) is 152 Å². The Morgan fingerprint density at radius 1 is 0.380 bits per heavy atom. The van der Waals surface area contributed by atoms with E-state index in [0.717, 1.165) is 38.6 Å². The van der Waals surface area contributed by atoms with Crippen molar-refractivity contribution in [2.24, 2.45) is 0 Å². The molecule has 238 valence electrons. The van der Waals surface area contributed by atoms with Crippen LogP contribution >= 0.6 is 0 Å². The monoisotopic (exact) mass is 663 g/mol. The highest BCUT2D eigenvalue weighted by Crippen LogP contribution is 2.53. The van der Waals surface area contributed by atoms with Crippen molar-refractivity contribution in [3.63, 3.8) is 0 Å². The molecule has 7 aromatic carbocycles.